The third kappa shape index (κ3) is 3.65. The third-order valence-electron chi connectivity index (χ3n) is 4.79. The van der Waals surface area contributed by atoms with E-state index in [1.165, 1.54) is 11.3 Å². The zero-order valence-corrected chi connectivity index (χ0v) is 16.8. The molecule has 0 saturated heterocycles. The van der Waals surface area contributed by atoms with Gasteiger partial charge in [-0.3, -0.25) is 0 Å². The van der Waals surface area contributed by atoms with Crippen LogP contribution < -0.4 is 15.0 Å². The third-order valence-corrected chi connectivity index (χ3v) is 4.79. The van der Waals surface area contributed by atoms with Gasteiger partial charge in [-0.15, -0.1) is 0 Å². The number of nitrogens with zero attached hydrogens (tertiary/aromatic N) is 3. The van der Waals surface area contributed by atoms with Crippen LogP contribution in [-0.2, 0) is 6.42 Å². The van der Waals surface area contributed by atoms with Gasteiger partial charge in [-0.05, 0) is 57.9 Å². The number of anilines is 4. The number of rotatable bonds is 5. The van der Waals surface area contributed by atoms with Gasteiger partial charge in [-0.2, -0.15) is 0 Å². The maximum Gasteiger partial charge on any atom is 0.143 e. The molecule has 0 radical (unpaired) electrons. The number of nitrogens with one attached hydrogen (secondary N) is 1. The Hall–Kier alpha value is -3.08. The van der Waals surface area contributed by atoms with E-state index in [2.05, 4.69) is 46.4 Å². The van der Waals surface area contributed by atoms with Crippen LogP contribution >= 0.6 is 0 Å². The molecule has 1 unspecified atom stereocenters. The van der Waals surface area contributed by atoms with Crippen LogP contribution in [0.4, 0.5) is 23.0 Å². The fourth-order valence-electron chi connectivity index (χ4n) is 3.72. The minimum Gasteiger partial charge on any atom is -0.489 e. The number of hydrogen-bond donors (Lipinski definition) is 1. The van der Waals surface area contributed by atoms with E-state index in [0.717, 1.165) is 35.3 Å². The SMILES string of the molecule is Cc1nc(Nc2ccccc2OC(C)C)cc(N2c3ccccc3CC2C)n1. The van der Waals surface area contributed by atoms with Gasteiger partial charge < -0.3 is 15.0 Å². The number of aromatic nitrogens is 2. The highest BCUT2D eigenvalue weighted by Crippen LogP contribution is 2.38. The Morgan fingerprint density at radius 3 is 2.64 bits per heavy atom. The van der Waals surface area contributed by atoms with Gasteiger partial charge in [-0.1, -0.05) is 30.3 Å². The molecule has 144 valence electrons. The van der Waals surface area contributed by atoms with Crippen LogP contribution in [0, 0.1) is 6.92 Å². The Morgan fingerprint density at radius 2 is 1.82 bits per heavy atom. The Kier molecular flexibility index (Phi) is 4.90. The van der Waals surface area contributed by atoms with Gasteiger partial charge in [0.15, 0.2) is 0 Å². The number of hydrogen-bond acceptors (Lipinski definition) is 5. The van der Waals surface area contributed by atoms with Crippen molar-refractivity contribution in [3.05, 3.63) is 66.0 Å². The molecule has 0 spiro atoms. The van der Waals surface area contributed by atoms with Crippen molar-refractivity contribution in [2.45, 2.75) is 46.3 Å². The molecular weight excluding hydrogens is 348 g/mol. The van der Waals surface area contributed by atoms with Gasteiger partial charge >= 0.3 is 0 Å². The summed E-state index contributed by atoms with van der Waals surface area (Å²) in [5.74, 6) is 3.22. The summed E-state index contributed by atoms with van der Waals surface area (Å²) in [6.07, 6.45) is 1.13. The fourth-order valence-corrected chi connectivity index (χ4v) is 3.72. The molecule has 5 nitrogen and oxygen atoms in total. The Morgan fingerprint density at radius 1 is 1.07 bits per heavy atom. The topological polar surface area (TPSA) is 50.3 Å². The normalized spacial score (nSPS) is 15.6. The van der Waals surface area contributed by atoms with E-state index < -0.39 is 0 Å². The highest BCUT2D eigenvalue weighted by molar-refractivity contribution is 5.72. The second-order valence-corrected chi connectivity index (χ2v) is 7.50. The largest absolute Gasteiger partial charge is 0.489 e. The zero-order chi connectivity index (χ0) is 19.7. The fraction of sp³-hybridized carbons (Fsp3) is 0.304. The predicted octanol–water partition coefficient (Wildman–Crippen LogP) is 5.40. The molecule has 5 heteroatoms. The molecule has 4 rings (SSSR count). The second-order valence-electron chi connectivity index (χ2n) is 7.50. The molecule has 0 fully saturated rings. The first kappa shape index (κ1) is 18.3. The molecule has 0 saturated carbocycles. The molecule has 28 heavy (non-hydrogen) atoms. The van der Waals surface area contributed by atoms with Crippen LogP contribution in [0.15, 0.2) is 54.6 Å². The van der Waals surface area contributed by atoms with Crippen LogP contribution in [0.25, 0.3) is 0 Å². The average Bonchev–Trinajstić information content (AvgIpc) is 2.98. The molecule has 3 aromatic rings. The lowest BCUT2D eigenvalue weighted by atomic mass is 10.1. The van der Waals surface area contributed by atoms with Crippen molar-refractivity contribution < 1.29 is 4.74 Å². The lowest BCUT2D eigenvalue weighted by molar-refractivity contribution is 0.244. The molecule has 2 aromatic carbocycles. The summed E-state index contributed by atoms with van der Waals surface area (Å²) in [5.41, 5.74) is 3.48. The maximum atomic E-state index is 5.93. The average molecular weight is 374 g/mol. The van der Waals surface area contributed by atoms with Gasteiger partial charge in [0.05, 0.1) is 11.8 Å². The van der Waals surface area contributed by atoms with Crippen LogP contribution in [0.1, 0.15) is 32.2 Å². The minimum atomic E-state index is 0.104. The van der Waals surface area contributed by atoms with Crippen molar-refractivity contribution in [1.29, 1.82) is 0 Å². The molecule has 0 amide bonds. The second kappa shape index (κ2) is 7.50. The number of ether oxygens (including phenoxy) is 1. The summed E-state index contributed by atoms with van der Waals surface area (Å²) in [4.78, 5) is 11.6. The summed E-state index contributed by atoms with van der Waals surface area (Å²) < 4.78 is 5.93. The first-order chi connectivity index (χ1) is 13.5. The van der Waals surface area contributed by atoms with E-state index in [1.54, 1.807) is 0 Å². The number of aryl methyl sites for hydroxylation is 1. The lowest BCUT2D eigenvalue weighted by Crippen LogP contribution is -2.25. The Labute approximate surface area is 166 Å². The molecule has 0 aliphatic carbocycles. The molecule has 1 aliphatic rings. The maximum absolute atomic E-state index is 5.93. The summed E-state index contributed by atoms with van der Waals surface area (Å²) >= 11 is 0. The molecular formula is C23H26N4O. The van der Waals surface area contributed by atoms with Crippen LogP contribution in [0.5, 0.6) is 5.75 Å². The minimum absolute atomic E-state index is 0.104. The van der Waals surface area contributed by atoms with E-state index in [9.17, 15) is 0 Å². The van der Waals surface area contributed by atoms with E-state index in [1.807, 2.05) is 51.1 Å². The van der Waals surface area contributed by atoms with Gasteiger partial charge in [0.2, 0.25) is 0 Å². The Bertz CT molecular complexity index is 986. The molecule has 1 N–H and O–H groups in total. The van der Waals surface area contributed by atoms with Crippen molar-refractivity contribution in [2.75, 3.05) is 10.2 Å². The van der Waals surface area contributed by atoms with Gasteiger partial charge in [0.25, 0.3) is 0 Å². The van der Waals surface area contributed by atoms with E-state index >= 15 is 0 Å². The van der Waals surface area contributed by atoms with Crippen molar-refractivity contribution >= 4 is 23.0 Å². The van der Waals surface area contributed by atoms with E-state index in [-0.39, 0.29) is 6.10 Å². The molecule has 1 aromatic heterocycles. The zero-order valence-electron chi connectivity index (χ0n) is 16.8. The van der Waals surface area contributed by atoms with Crippen molar-refractivity contribution in [3.8, 4) is 5.75 Å². The van der Waals surface area contributed by atoms with Crippen molar-refractivity contribution in [1.82, 2.24) is 9.97 Å². The van der Waals surface area contributed by atoms with Gasteiger partial charge in [0.1, 0.15) is 23.2 Å². The van der Waals surface area contributed by atoms with Crippen LogP contribution in [0.2, 0.25) is 0 Å². The highest BCUT2D eigenvalue weighted by atomic mass is 16.5. The summed E-state index contributed by atoms with van der Waals surface area (Å²) in [6.45, 7) is 8.21. The van der Waals surface area contributed by atoms with Crippen molar-refractivity contribution in [3.63, 3.8) is 0 Å². The van der Waals surface area contributed by atoms with E-state index in [4.69, 9.17) is 9.72 Å². The molecule has 0 bridgehead atoms. The summed E-state index contributed by atoms with van der Waals surface area (Å²) in [5, 5.41) is 3.42. The van der Waals surface area contributed by atoms with E-state index in [0.29, 0.717) is 6.04 Å². The highest BCUT2D eigenvalue weighted by Gasteiger charge is 2.28. The standard InChI is InChI=1S/C23H26N4O/c1-15(2)28-21-12-8-6-10-19(21)26-22-14-23(25-17(4)24-22)27-16(3)13-18-9-5-7-11-20(18)27/h5-12,14-16H,13H2,1-4H3,(H,24,25,26). The number of fused-ring (bicyclic) bond motifs is 1. The quantitative estimate of drug-likeness (QED) is 0.648. The van der Waals surface area contributed by atoms with Gasteiger partial charge in [-0.25, -0.2) is 9.97 Å². The van der Waals surface area contributed by atoms with Gasteiger partial charge in [0, 0.05) is 17.8 Å². The Balaban J connectivity index is 1.68. The first-order valence-electron chi connectivity index (χ1n) is 9.77. The summed E-state index contributed by atoms with van der Waals surface area (Å²) in [7, 11) is 0. The van der Waals surface area contributed by atoms with Crippen LogP contribution in [0.3, 0.4) is 0 Å². The molecule has 1 aliphatic heterocycles. The first-order valence-corrected chi connectivity index (χ1v) is 9.77. The monoisotopic (exact) mass is 374 g/mol. The molecule has 2 heterocycles. The lowest BCUT2D eigenvalue weighted by Gasteiger charge is -2.24. The smallest absolute Gasteiger partial charge is 0.143 e. The molecule has 1 atom stereocenters. The number of para-hydroxylation sites is 3. The summed E-state index contributed by atoms with van der Waals surface area (Å²) in [6, 6.07) is 18.8. The predicted molar refractivity (Wildman–Crippen MR) is 114 cm³/mol. The van der Waals surface area contributed by atoms with Crippen LogP contribution in [-0.4, -0.2) is 22.1 Å². The van der Waals surface area contributed by atoms with Crippen molar-refractivity contribution in [2.24, 2.45) is 0 Å². The number of benzene rings is 2.